The van der Waals surface area contributed by atoms with Gasteiger partial charge in [-0.15, -0.1) is 0 Å². The van der Waals surface area contributed by atoms with Crippen molar-refractivity contribution < 1.29 is 19.1 Å². The molecule has 35 heavy (non-hydrogen) atoms. The van der Waals surface area contributed by atoms with E-state index in [1.165, 1.54) is 12.0 Å². The molecule has 1 aliphatic rings. The van der Waals surface area contributed by atoms with E-state index in [1.807, 2.05) is 43.3 Å². The number of aryl methyl sites for hydroxylation is 2. The Bertz CT molecular complexity index is 1150. The largest absolute Gasteiger partial charge is 0.419 e. The van der Waals surface area contributed by atoms with E-state index < -0.39 is 11.9 Å². The Hall–Kier alpha value is -3.40. The van der Waals surface area contributed by atoms with Gasteiger partial charge in [0, 0.05) is 5.56 Å². The van der Waals surface area contributed by atoms with Gasteiger partial charge in [0.1, 0.15) is 0 Å². The van der Waals surface area contributed by atoms with Gasteiger partial charge >= 0.3 is 11.9 Å². The van der Waals surface area contributed by atoms with Crippen LogP contribution in [-0.2, 0) is 12.8 Å². The lowest BCUT2D eigenvalue weighted by Gasteiger charge is -2.28. The Morgan fingerprint density at radius 3 is 1.80 bits per heavy atom. The molecular weight excluding hydrogens is 436 g/mol. The summed E-state index contributed by atoms with van der Waals surface area (Å²) in [7, 11) is 0. The van der Waals surface area contributed by atoms with Crippen LogP contribution in [0.1, 0.15) is 95.7 Å². The second-order valence-corrected chi connectivity index (χ2v) is 9.22. The zero-order chi connectivity index (χ0) is 24.6. The third-order valence-corrected chi connectivity index (χ3v) is 6.76. The number of hydrogen-bond donors (Lipinski definition) is 0. The molecule has 0 bridgehead atoms. The number of carbonyl (C=O) groups excluding carboxylic acids is 2. The number of ether oxygens (including phenoxy) is 2. The van der Waals surface area contributed by atoms with Crippen molar-refractivity contribution in [1.82, 2.24) is 0 Å². The lowest BCUT2D eigenvalue weighted by Crippen LogP contribution is -2.18. The van der Waals surface area contributed by atoms with Crippen LogP contribution in [0.4, 0.5) is 0 Å². The number of rotatable bonds is 8. The van der Waals surface area contributed by atoms with Gasteiger partial charge in [0.2, 0.25) is 0 Å². The van der Waals surface area contributed by atoms with Crippen molar-refractivity contribution in [3.8, 4) is 11.5 Å². The summed E-state index contributed by atoms with van der Waals surface area (Å²) in [5.74, 6) is 0.207. The lowest BCUT2D eigenvalue weighted by atomic mass is 9.80. The molecule has 0 atom stereocenters. The Labute approximate surface area is 208 Å². The molecule has 0 aliphatic heterocycles. The highest BCUT2D eigenvalue weighted by Crippen LogP contribution is 2.47. The van der Waals surface area contributed by atoms with Crippen molar-refractivity contribution in [2.75, 3.05) is 0 Å². The number of carbonyl (C=O) groups is 2. The van der Waals surface area contributed by atoms with E-state index in [0.29, 0.717) is 29.0 Å². The zero-order valence-corrected chi connectivity index (χ0v) is 20.7. The van der Waals surface area contributed by atoms with Gasteiger partial charge in [-0.25, -0.2) is 9.59 Å². The van der Waals surface area contributed by atoms with Gasteiger partial charge in [-0.3, -0.25) is 0 Å². The van der Waals surface area contributed by atoms with Gasteiger partial charge in [-0.1, -0.05) is 82.0 Å². The minimum absolute atomic E-state index is 0.281. The summed E-state index contributed by atoms with van der Waals surface area (Å²) in [5.41, 5.74) is 4.07. The lowest BCUT2D eigenvalue weighted by molar-refractivity contribution is 0.0678. The first-order valence-corrected chi connectivity index (χ1v) is 12.8. The fraction of sp³-hybridized carbons (Fsp3) is 0.355. The van der Waals surface area contributed by atoms with Gasteiger partial charge in [-0.05, 0) is 67.0 Å². The molecule has 182 valence electrons. The molecule has 1 aliphatic carbocycles. The van der Waals surface area contributed by atoms with E-state index in [1.54, 1.807) is 24.3 Å². The Morgan fingerprint density at radius 2 is 1.29 bits per heavy atom. The van der Waals surface area contributed by atoms with Crippen molar-refractivity contribution in [1.29, 1.82) is 0 Å². The molecule has 0 N–H and O–H groups in total. The van der Waals surface area contributed by atoms with Crippen LogP contribution in [0.15, 0.2) is 66.7 Å². The van der Waals surface area contributed by atoms with E-state index in [9.17, 15) is 9.59 Å². The standard InChI is InChI=1S/C31H34O4/c1-3-14-26-21-22(4-2)28(34-30(32)24-17-10-6-11-18-24)29(27(26)23-15-8-5-9-16-23)35-31(33)25-19-12-7-13-20-25/h6-7,10-13,17-21,23H,3-5,8-9,14-16H2,1-2H3. The minimum atomic E-state index is -0.449. The van der Waals surface area contributed by atoms with Crippen molar-refractivity contribution in [2.45, 2.75) is 71.1 Å². The predicted molar refractivity (Wildman–Crippen MR) is 138 cm³/mol. The van der Waals surface area contributed by atoms with Gasteiger partial charge in [-0.2, -0.15) is 0 Å². The molecule has 0 saturated heterocycles. The molecule has 0 aromatic heterocycles. The van der Waals surface area contributed by atoms with Gasteiger partial charge < -0.3 is 9.47 Å². The third kappa shape index (κ3) is 5.82. The Morgan fingerprint density at radius 1 is 0.743 bits per heavy atom. The summed E-state index contributed by atoms with van der Waals surface area (Å²) in [6.45, 7) is 4.20. The molecule has 0 spiro atoms. The summed E-state index contributed by atoms with van der Waals surface area (Å²) in [6.07, 6.45) is 8.15. The Balaban J connectivity index is 1.86. The van der Waals surface area contributed by atoms with Crippen molar-refractivity contribution in [2.24, 2.45) is 0 Å². The molecule has 4 heteroatoms. The van der Waals surface area contributed by atoms with E-state index in [-0.39, 0.29) is 5.92 Å². The summed E-state index contributed by atoms with van der Waals surface area (Å²) < 4.78 is 12.2. The summed E-state index contributed by atoms with van der Waals surface area (Å²) in [5, 5.41) is 0. The molecular formula is C31H34O4. The minimum Gasteiger partial charge on any atom is -0.419 e. The highest BCUT2D eigenvalue weighted by atomic mass is 16.6. The highest BCUT2D eigenvalue weighted by molar-refractivity contribution is 5.93. The molecule has 1 saturated carbocycles. The van der Waals surface area contributed by atoms with Crippen LogP contribution in [0.2, 0.25) is 0 Å². The molecule has 3 aromatic rings. The average molecular weight is 471 g/mol. The monoisotopic (exact) mass is 470 g/mol. The van der Waals surface area contributed by atoms with Gasteiger partial charge in [0.15, 0.2) is 11.5 Å². The van der Waals surface area contributed by atoms with Gasteiger partial charge in [0.05, 0.1) is 11.1 Å². The molecule has 0 amide bonds. The molecule has 0 radical (unpaired) electrons. The first-order valence-electron chi connectivity index (χ1n) is 12.8. The topological polar surface area (TPSA) is 52.6 Å². The maximum atomic E-state index is 13.3. The quantitative estimate of drug-likeness (QED) is 0.250. The first-order chi connectivity index (χ1) is 17.1. The van der Waals surface area contributed by atoms with Crippen LogP contribution in [-0.4, -0.2) is 11.9 Å². The van der Waals surface area contributed by atoms with Crippen molar-refractivity contribution in [3.05, 3.63) is 94.5 Å². The smallest absolute Gasteiger partial charge is 0.343 e. The maximum Gasteiger partial charge on any atom is 0.343 e. The normalized spacial score (nSPS) is 13.9. The van der Waals surface area contributed by atoms with Crippen LogP contribution in [0, 0.1) is 0 Å². The van der Waals surface area contributed by atoms with E-state index in [0.717, 1.165) is 49.7 Å². The first kappa shape index (κ1) is 24.7. The Kier molecular flexibility index (Phi) is 8.36. The average Bonchev–Trinajstić information content (AvgIpc) is 2.91. The van der Waals surface area contributed by atoms with Crippen LogP contribution < -0.4 is 9.47 Å². The third-order valence-electron chi connectivity index (χ3n) is 6.76. The molecule has 0 heterocycles. The fourth-order valence-electron chi connectivity index (χ4n) is 5.01. The van der Waals surface area contributed by atoms with Gasteiger partial charge in [0.25, 0.3) is 0 Å². The van der Waals surface area contributed by atoms with Crippen LogP contribution in [0.25, 0.3) is 0 Å². The van der Waals surface area contributed by atoms with Crippen molar-refractivity contribution in [3.63, 3.8) is 0 Å². The second kappa shape index (κ2) is 11.8. The van der Waals surface area contributed by atoms with Crippen LogP contribution in [0.3, 0.4) is 0 Å². The van der Waals surface area contributed by atoms with E-state index in [4.69, 9.17) is 9.47 Å². The predicted octanol–water partition coefficient (Wildman–Crippen LogP) is 7.69. The van der Waals surface area contributed by atoms with Crippen LogP contribution in [0.5, 0.6) is 11.5 Å². The maximum absolute atomic E-state index is 13.3. The molecule has 0 unspecified atom stereocenters. The molecule has 4 rings (SSSR count). The number of benzene rings is 3. The number of hydrogen-bond acceptors (Lipinski definition) is 4. The molecule has 1 fully saturated rings. The second-order valence-electron chi connectivity index (χ2n) is 9.22. The highest BCUT2D eigenvalue weighted by Gasteiger charge is 2.30. The zero-order valence-electron chi connectivity index (χ0n) is 20.7. The van der Waals surface area contributed by atoms with E-state index >= 15 is 0 Å². The van der Waals surface area contributed by atoms with Crippen LogP contribution >= 0.6 is 0 Å². The fourth-order valence-corrected chi connectivity index (χ4v) is 5.01. The van der Waals surface area contributed by atoms with Crippen molar-refractivity contribution >= 4 is 11.9 Å². The molecule has 4 nitrogen and oxygen atoms in total. The SMILES string of the molecule is CCCc1cc(CC)c(OC(=O)c2ccccc2)c(OC(=O)c2ccccc2)c1C1CCCCC1. The summed E-state index contributed by atoms with van der Waals surface area (Å²) in [4.78, 5) is 26.4. The van der Waals surface area contributed by atoms with E-state index in [2.05, 4.69) is 13.0 Å². The number of esters is 2. The summed E-state index contributed by atoms with van der Waals surface area (Å²) >= 11 is 0. The molecule has 3 aromatic carbocycles. The summed E-state index contributed by atoms with van der Waals surface area (Å²) in [6, 6.07) is 20.1.